The molecule has 0 heterocycles. The van der Waals surface area contributed by atoms with Crippen molar-refractivity contribution in [3.63, 3.8) is 0 Å². The zero-order valence-corrected chi connectivity index (χ0v) is 14.6. The maximum atomic E-state index is 12.9. The van der Waals surface area contributed by atoms with Crippen molar-refractivity contribution in [2.75, 3.05) is 14.2 Å². The Labute approximate surface area is 141 Å². The molecule has 24 heavy (non-hydrogen) atoms. The Balaban J connectivity index is 2.12. The fourth-order valence-electron chi connectivity index (χ4n) is 2.30. The molecule has 0 spiro atoms. The maximum absolute atomic E-state index is 12.9. The van der Waals surface area contributed by atoms with Gasteiger partial charge in [-0.05, 0) is 42.3 Å². The Bertz CT molecular complexity index is 791. The lowest BCUT2D eigenvalue weighted by Gasteiger charge is -2.16. The number of halogens is 1. The summed E-state index contributed by atoms with van der Waals surface area (Å²) < 4.78 is 50.5. The molecule has 0 unspecified atom stereocenters. The first-order valence-electron chi connectivity index (χ1n) is 7.31. The molecule has 0 bridgehead atoms. The van der Waals surface area contributed by atoms with E-state index in [1.807, 2.05) is 0 Å². The second-order valence-corrected chi connectivity index (χ2v) is 7.09. The van der Waals surface area contributed by atoms with Crippen molar-refractivity contribution in [2.45, 2.75) is 18.7 Å². The summed E-state index contributed by atoms with van der Waals surface area (Å²) in [5.41, 5.74) is 1.26. The molecule has 0 saturated heterocycles. The van der Waals surface area contributed by atoms with Crippen LogP contribution in [0.3, 0.4) is 0 Å². The van der Waals surface area contributed by atoms with Gasteiger partial charge in [0, 0.05) is 6.04 Å². The van der Waals surface area contributed by atoms with Gasteiger partial charge in [-0.1, -0.05) is 18.2 Å². The third kappa shape index (κ3) is 4.69. The molecule has 2 aromatic rings. The molecule has 1 atom stereocenters. The summed E-state index contributed by atoms with van der Waals surface area (Å²) >= 11 is 0. The number of rotatable bonds is 7. The van der Waals surface area contributed by atoms with Crippen LogP contribution in [-0.4, -0.2) is 22.6 Å². The van der Waals surface area contributed by atoms with Gasteiger partial charge in [-0.25, -0.2) is 17.5 Å². The molecule has 5 nitrogen and oxygen atoms in total. The number of benzene rings is 2. The largest absolute Gasteiger partial charge is 0.493 e. The molecular weight excluding hydrogens is 333 g/mol. The van der Waals surface area contributed by atoms with E-state index < -0.39 is 21.9 Å². The van der Waals surface area contributed by atoms with E-state index in [-0.39, 0.29) is 5.75 Å². The van der Waals surface area contributed by atoms with Gasteiger partial charge in [0.1, 0.15) is 5.82 Å². The normalized spacial score (nSPS) is 12.7. The van der Waals surface area contributed by atoms with Crippen LogP contribution in [0.2, 0.25) is 0 Å². The van der Waals surface area contributed by atoms with Gasteiger partial charge in [-0.3, -0.25) is 0 Å². The van der Waals surface area contributed by atoms with Gasteiger partial charge < -0.3 is 9.47 Å². The molecule has 0 fully saturated rings. The second kappa shape index (κ2) is 7.63. The van der Waals surface area contributed by atoms with E-state index in [2.05, 4.69) is 4.72 Å². The zero-order valence-electron chi connectivity index (χ0n) is 13.7. The molecule has 0 aliphatic heterocycles. The molecule has 7 heteroatoms. The summed E-state index contributed by atoms with van der Waals surface area (Å²) in [6.45, 7) is 1.74. The third-order valence-electron chi connectivity index (χ3n) is 3.53. The highest BCUT2D eigenvalue weighted by Gasteiger charge is 2.18. The molecule has 130 valence electrons. The van der Waals surface area contributed by atoms with E-state index in [4.69, 9.17) is 9.47 Å². The summed E-state index contributed by atoms with van der Waals surface area (Å²) in [6.07, 6.45) is 0. The number of sulfonamides is 1. The summed E-state index contributed by atoms with van der Waals surface area (Å²) in [4.78, 5) is 0. The van der Waals surface area contributed by atoms with Crippen molar-refractivity contribution in [2.24, 2.45) is 0 Å². The first kappa shape index (κ1) is 18.2. The van der Waals surface area contributed by atoms with Crippen molar-refractivity contribution in [1.82, 2.24) is 4.72 Å². The predicted molar refractivity (Wildman–Crippen MR) is 90.1 cm³/mol. The molecule has 2 aromatic carbocycles. The molecule has 1 N–H and O–H groups in total. The van der Waals surface area contributed by atoms with Crippen molar-refractivity contribution in [3.8, 4) is 11.5 Å². The van der Waals surface area contributed by atoms with E-state index in [0.717, 1.165) is 5.56 Å². The van der Waals surface area contributed by atoms with Crippen LogP contribution in [-0.2, 0) is 15.8 Å². The summed E-state index contributed by atoms with van der Waals surface area (Å²) in [6, 6.07) is 10.2. The van der Waals surface area contributed by atoms with Crippen LogP contribution in [0.15, 0.2) is 42.5 Å². The van der Waals surface area contributed by atoms with Gasteiger partial charge in [0.2, 0.25) is 10.0 Å². The quantitative estimate of drug-likeness (QED) is 0.831. The van der Waals surface area contributed by atoms with Gasteiger partial charge >= 0.3 is 0 Å². The minimum atomic E-state index is -3.57. The third-order valence-corrected chi connectivity index (χ3v) is 4.96. The lowest BCUT2D eigenvalue weighted by molar-refractivity contribution is 0.354. The number of methoxy groups -OCH3 is 2. The first-order valence-corrected chi connectivity index (χ1v) is 8.96. The lowest BCUT2D eigenvalue weighted by Crippen LogP contribution is -2.28. The Kier molecular flexibility index (Phi) is 5.80. The van der Waals surface area contributed by atoms with Gasteiger partial charge in [0.15, 0.2) is 11.5 Å². The van der Waals surface area contributed by atoms with E-state index in [9.17, 15) is 12.8 Å². The number of hydrogen-bond acceptors (Lipinski definition) is 4. The molecule has 0 aliphatic carbocycles. The Hall–Kier alpha value is -2.12. The van der Waals surface area contributed by atoms with Crippen LogP contribution in [0.25, 0.3) is 0 Å². The average molecular weight is 353 g/mol. The van der Waals surface area contributed by atoms with E-state index in [0.29, 0.717) is 17.1 Å². The van der Waals surface area contributed by atoms with Gasteiger partial charge in [0.25, 0.3) is 0 Å². The highest BCUT2D eigenvalue weighted by atomic mass is 32.2. The van der Waals surface area contributed by atoms with Crippen LogP contribution in [0.1, 0.15) is 24.1 Å². The molecule has 0 saturated carbocycles. The average Bonchev–Trinajstić information content (AvgIpc) is 2.55. The van der Waals surface area contributed by atoms with Gasteiger partial charge in [-0.15, -0.1) is 0 Å². The predicted octanol–water partition coefficient (Wildman–Crippen LogP) is 3.02. The smallest absolute Gasteiger partial charge is 0.216 e. The SMILES string of the molecule is COc1ccc([C@@H](C)NS(=O)(=O)Cc2ccc(F)cc2)cc1OC. The van der Waals surface area contributed by atoms with Crippen molar-refractivity contribution >= 4 is 10.0 Å². The minimum absolute atomic E-state index is 0.217. The number of ether oxygens (including phenoxy) is 2. The number of hydrogen-bond donors (Lipinski definition) is 1. The van der Waals surface area contributed by atoms with E-state index in [1.165, 1.54) is 38.5 Å². The van der Waals surface area contributed by atoms with Gasteiger partial charge in [-0.2, -0.15) is 0 Å². The van der Waals surface area contributed by atoms with Crippen molar-refractivity contribution in [1.29, 1.82) is 0 Å². The van der Waals surface area contributed by atoms with Crippen LogP contribution < -0.4 is 14.2 Å². The summed E-state index contributed by atoms with van der Waals surface area (Å²) in [7, 11) is -0.522. The van der Waals surface area contributed by atoms with Crippen LogP contribution in [0.5, 0.6) is 11.5 Å². The molecule has 0 amide bonds. The molecule has 0 aliphatic rings. The Morgan fingerprint density at radius 2 is 1.67 bits per heavy atom. The van der Waals surface area contributed by atoms with Crippen LogP contribution >= 0.6 is 0 Å². The number of nitrogens with one attached hydrogen (secondary N) is 1. The molecule has 2 rings (SSSR count). The van der Waals surface area contributed by atoms with E-state index in [1.54, 1.807) is 25.1 Å². The van der Waals surface area contributed by atoms with Gasteiger partial charge in [0.05, 0.1) is 20.0 Å². The van der Waals surface area contributed by atoms with Crippen molar-refractivity contribution < 1.29 is 22.3 Å². The Morgan fingerprint density at radius 1 is 1.04 bits per heavy atom. The molecule has 0 radical (unpaired) electrons. The first-order chi connectivity index (χ1) is 11.3. The summed E-state index contributed by atoms with van der Waals surface area (Å²) in [5.74, 6) is 0.482. The molecule has 0 aromatic heterocycles. The van der Waals surface area contributed by atoms with Crippen molar-refractivity contribution in [3.05, 3.63) is 59.4 Å². The lowest BCUT2D eigenvalue weighted by atomic mass is 10.1. The highest BCUT2D eigenvalue weighted by Crippen LogP contribution is 2.30. The summed E-state index contributed by atoms with van der Waals surface area (Å²) in [5, 5.41) is 0. The fourth-order valence-corrected chi connectivity index (χ4v) is 3.69. The van der Waals surface area contributed by atoms with Crippen LogP contribution in [0, 0.1) is 5.82 Å². The second-order valence-electron chi connectivity index (χ2n) is 5.34. The Morgan fingerprint density at radius 3 is 2.25 bits per heavy atom. The minimum Gasteiger partial charge on any atom is -0.493 e. The molecular formula is C17H20FNO4S. The monoisotopic (exact) mass is 353 g/mol. The highest BCUT2D eigenvalue weighted by molar-refractivity contribution is 7.88. The fraction of sp³-hybridized carbons (Fsp3) is 0.294. The topological polar surface area (TPSA) is 64.6 Å². The standard InChI is InChI=1S/C17H20FNO4S/c1-12(14-6-9-16(22-2)17(10-14)23-3)19-24(20,21)11-13-4-7-15(18)8-5-13/h4-10,12,19H,11H2,1-3H3/t12-/m1/s1. The van der Waals surface area contributed by atoms with E-state index >= 15 is 0 Å². The van der Waals surface area contributed by atoms with Crippen LogP contribution in [0.4, 0.5) is 4.39 Å². The maximum Gasteiger partial charge on any atom is 0.216 e. The zero-order chi connectivity index (χ0) is 17.7.